The number of nitrogens with two attached hydrogens (primary N) is 1. The molecule has 0 saturated heterocycles. The topological polar surface area (TPSA) is 55.6 Å². The minimum atomic E-state index is -0.299. The van der Waals surface area contributed by atoms with Crippen LogP contribution in [0.25, 0.3) is 0 Å². The van der Waals surface area contributed by atoms with Crippen molar-refractivity contribution in [2.24, 2.45) is 5.73 Å². The molecule has 0 aliphatic rings. The molecule has 1 unspecified atom stereocenters. The maximum atomic E-state index is 9.82. The molecule has 0 rings (SSSR count). The maximum absolute atomic E-state index is 9.82. The molecule has 56 valence electrons. The zero-order chi connectivity index (χ0) is 7.98. The van der Waals surface area contributed by atoms with Crippen LogP contribution >= 0.6 is 0 Å². The molecule has 5 heteroatoms. The summed E-state index contributed by atoms with van der Waals surface area (Å²) in [6, 6.07) is 0. The third-order valence-electron chi connectivity index (χ3n) is 1.00. The standard InChI is InChI=1S/C5H11BN2O2/c1-8(6)3-5(2-7)10-4-9/h4-5H,2-3,7H2,1H3. The Bertz CT molecular complexity index is 99.6. The second kappa shape index (κ2) is 5.26. The van der Waals surface area contributed by atoms with Gasteiger partial charge in [-0.05, 0) is 7.05 Å². The molecule has 0 aromatic carbocycles. The van der Waals surface area contributed by atoms with Gasteiger partial charge in [0, 0.05) is 13.1 Å². The smallest absolute Gasteiger partial charge is 0.293 e. The Balaban J connectivity index is 3.48. The Morgan fingerprint density at radius 3 is 2.80 bits per heavy atom. The predicted molar refractivity (Wildman–Crippen MR) is 38.4 cm³/mol. The van der Waals surface area contributed by atoms with Gasteiger partial charge in [0.25, 0.3) is 6.47 Å². The second-order valence-electron chi connectivity index (χ2n) is 2.03. The van der Waals surface area contributed by atoms with E-state index in [4.69, 9.17) is 13.7 Å². The molecular weight excluding hydrogens is 131 g/mol. The Labute approximate surface area is 61.7 Å². The maximum Gasteiger partial charge on any atom is 0.293 e. The van der Waals surface area contributed by atoms with Gasteiger partial charge in [0.15, 0.2) is 7.98 Å². The van der Waals surface area contributed by atoms with Gasteiger partial charge in [0.1, 0.15) is 6.10 Å². The highest BCUT2D eigenvalue weighted by Gasteiger charge is 2.06. The van der Waals surface area contributed by atoms with Crippen LogP contribution in [0.3, 0.4) is 0 Å². The molecule has 0 heterocycles. The van der Waals surface area contributed by atoms with Crippen molar-refractivity contribution in [2.75, 3.05) is 20.1 Å². The molecular formula is C5H11BN2O2. The van der Waals surface area contributed by atoms with E-state index in [1.54, 1.807) is 7.05 Å². The third-order valence-corrected chi connectivity index (χ3v) is 1.00. The van der Waals surface area contributed by atoms with E-state index in [2.05, 4.69) is 4.74 Å². The lowest BCUT2D eigenvalue weighted by atomic mass is 10.2. The number of ether oxygens (including phenoxy) is 1. The van der Waals surface area contributed by atoms with Gasteiger partial charge in [0.2, 0.25) is 0 Å². The van der Waals surface area contributed by atoms with Crippen LogP contribution in [0.1, 0.15) is 0 Å². The van der Waals surface area contributed by atoms with Gasteiger partial charge in [-0.15, -0.1) is 0 Å². The number of hydrogen-bond acceptors (Lipinski definition) is 4. The number of likely N-dealkylation sites (N-methyl/N-ethyl adjacent to an activating group) is 1. The Hall–Kier alpha value is -0.545. The first-order chi connectivity index (χ1) is 4.70. The van der Waals surface area contributed by atoms with Crippen LogP contribution in [-0.4, -0.2) is 45.5 Å². The molecule has 0 amide bonds. The van der Waals surface area contributed by atoms with E-state index in [1.165, 1.54) is 4.81 Å². The fraction of sp³-hybridized carbons (Fsp3) is 0.800. The molecule has 1 atom stereocenters. The van der Waals surface area contributed by atoms with Gasteiger partial charge in [-0.1, -0.05) is 0 Å². The summed E-state index contributed by atoms with van der Waals surface area (Å²) in [5.41, 5.74) is 5.24. The molecule has 4 nitrogen and oxygen atoms in total. The first-order valence-electron chi connectivity index (χ1n) is 2.95. The Kier molecular flexibility index (Phi) is 4.97. The van der Waals surface area contributed by atoms with E-state index in [9.17, 15) is 4.79 Å². The molecule has 0 aromatic rings. The number of hydrogen-bond donors (Lipinski definition) is 1. The van der Waals surface area contributed by atoms with Gasteiger partial charge in [0.05, 0.1) is 0 Å². The van der Waals surface area contributed by atoms with E-state index in [-0.39, 0.29) is 6.10 Å². The Morgan fingerprint density at radius 2 is 2.50 bits per heavy atom. The van der Waals surface area contributed by atoms with Gasteiger partial charge in [-0.3, -0.25) is 4.79 Å². The quantitative estimate of drug-likeness (QED) is 0.375. The van der Waals surface area contributed by atoms with Gasteiger partial charge in [-0.2, -0.15) is 0 Å². The molecule has 0 bridgehead atoms. The van der Waals surface area contributed by atoms with E-state index >= 15 is 0 Å². The van der Waals surface area contributed by atoms with Crippen molar-refractivity contribution in [1.29, 1.82) is 0 Å². The summed E-state index contributed by atoms with van der Waals surface area (Å²) >= 11 is 0. The summed E-state index contributed by atoms with van der Waals surface area (Å²) in [4.78, 5) is 11.2. The molecule has 0 aliphatic heterocycles. The first-order valence-corrected chi connectivity index (χ1v) is 2.95. The highest BCUT2D eigenvalue weighted by molar-refractivity contribution is 6.04. The average molecular weight is 142 g/mol. The van der Waals surface area contributed by atoms with Crippen molar-refractivity contribution < 1.29 is 9.53 Å². The fourth-order valence-corrected chi connectivity index (χ4v) is 0.573. The third kappa shape index (κ3) is 4.35. The van der Waals surface area contributed by atoms with E-state index in [0.717, 1.165) is 0 Å². The summed E-state index contributed by atoms with van der Waals surface area (Å²) in [5, 5.41) is 0. The summed E-state index contributed by atoms with van der Waals surface area (Å²) in [7, 11) is 6.96. The summed E-state index contributed by atoms with van der Waals surface area (Å²) in [5.74, 6) is 0. The van der Waals surface area contributed by atoms with Crippen molar-refractivity contribution in [2.45, 2.75) is 6.10 Å². The van der Waals surface area contributed by atoms with Crippen LogP contribution in [0.5, 0.6) is 0 Å². The first kappa shape index (κ1) is 9.45. The number of carbonyl (C=O) groups is 1. The molecule has 2 N–H and O–H groups in total. The van der Waals surface area contributed by atoms with Crippen molar-refractivity contribution >= 4 is 14.5 Å². The minimum Gasteiger partial charge on any atom is -0.462 e. The van der Waals surface area contributed by atoms with E-state index in [0.29, 0.717) is 19.6 Å². The summed E-state index contributed by atoms with van der Waals surface area (Å²) < 4.78 is 4.57. The lowest BCUT2D eigenvalue weighted by Gasteiger charge is -2.17. The summed E-state index contributed by atoms with van der Waals surface area (Å²) in [6.45, 7) is 1.12. The minimum absolute atomic E-state index is 0.292. The van der Waals surface area contributed by atoms with Crippen LogP contribution in [0.15, 0.2) is 0 Å². The van der Waals surface area contributed by atoms with Crippen LogP contribution in [-0.2, 0) is 9.53 Å². The van der Waals surface area contributed by atoms with Crippen molar-refractivity contribution in [1.82, 2.24) is 4.81 Å². The number of carbonyl (C=O) groups excluding carboxylic acids is 1. The SMILES string of the molecule is [B]N(C)CC(CN)OC=O. The number of rotatable bonds is 5. The fourth-order valence-electron chi connectivity index (χ4n) is 0.573. The van der Waals surface area contributed by atoms with Crippen LogP contribution in [0, 0.1) is 0 Å². The zero-order valence-electron chi connectivity index (χ0n) is 5.99. The van der Waals surface area contributed by atoms with Crippen LogP contribution in [0.2, 0.25) is 0 Å². The lowest BCUT2D eigenvalue weighted by Crippen LogP contribution is -2.34. The van der Waals surface area contributed by atoms with Gasteiger partial charge < -0.3 is 15.3 Å². The molecule has 0 spiro atoms. The molecule has 0 fully saturated rings. The molecule has 2 radical (unpaired) electrons. The zero-order valence-corrected chi connectivity index (χ0v) is 5.99. The van der Waals surface area contributed by atoms with Gasteiger partial charge >= 0.3 is 0 Å². The van der Waals surface area contributed by atoms with Crippen molar-refractivity contribution in [3.63, 3.8) is 0 Å². The summed E-state index contributed by atoms with van der Waals surface area (Å²) in [6.07, 6.45) is -0.299. The normalized spacial score (nSPS) is 13.1. The monoisotopic (exact) mass is 142 g/mol. The predicted octanol–water partition coefficient (Wildman–Crippen LogP) is -1.50. The van der Waals surface area contributed by atoms with Crippen LogP contribution < -0.4 is 5.73 Å². The van der Waals surface area contributed by atoms with Crippen molar-refractivity contribution in [3.8, 4) is 0 Å². The molecule has 0 aromatic heterocycles. The Morgan fingerprint density at radius 1 is 1.90 bits per heavy atom. The van der Waals surface area contributed by atoms with E-state index in [1.807, 2.05) is 0 Å². The molecule has 0 saturated carbocycles. The lowest BCUT2D eigenvalue weighted by molar-refractivity contribution is -0.133. The largest absolute Gasteiger partial charge is 0.462 e. The molecule has 10 heavy (non-hydrogen) atoms. The van der Waals surface area contributed by atoms with Crippen molar-refractivity contribution in [3.05, 3.63) is 0 Å². The number of nitrogens with zero attached hydrogens (tertiary/aromatic N) is 1. The highest BCUT2D eigenvalue weighted by Crippen LogP contribution is 1.87. The molecule has 0 aliphatic carbocycles. The van der Waals surface area contributed by atoms with Gasteiger partial charge in [-0.25, -0.2) is 0 Å². The second-order valence-corrected chi connectivity index (χ2v) is 2.03. The highest BCUT2D eigenvalue weighted by atomic mass is 16.5. The van der Waals surface area contributed by atoms with Crippen LogP contribution in [0.4, 0.5) is 0 Å². The van der Waals surface area contributed by atoms with E-state index < -0.39 is 0 Å². The average Bonchev–Trinajstić information content (AvgIpc) is 1.86.